The molecule has 2 aromatic rings. The molecule has 36 heavy (non-hydrogen) atoms. The fourth-order valence-corrected chi connectivity index (χ4v) is 5.01. The first-order valence-corrected chi connectivity index (χ1v) is 12.7. The first kappa shape index (κ1) is 27.3. The van der Waals surface area contributed by atoms with Crippen molar-refractivity contribution in [3.8, 4) is 5.75 Å². The zero-order valence-electron chi connectivity index (χ0n) is 21.5. The van der Waals surface area contributed by atoms with Gasteiger partial charge in [-0.1, -0.05) is 51.8 Å². The van der Waals surface area contributed by atoms with E-state index in [2.05, 4.69) is 31.4 Å². The summed E-state index contributed by atoms with van der Waals surface area (Å²) in [6, 6.07) is 13.0. The van der Waals surface area contributed by atoms with Gasteiger partial charge in [0.1, 0.15) is 12.4 Å². The predicted octanol–water partition coefficient (Wildman–Crippen LogP) is 4.44. The molecule has 196 valence electrons. The summed E-state index contributed by atoms with van der Waals surface area (Å²) in [5, 5.41) is 15.0. The highest BCUT2D eigenvalue weighted by molar-refractivity contribution is 5.77. The van der Waals surface area contributed by atoms with Crippen molar-refractivity contribution in [1.82, 2.24) is 5.32 Å². The van der Waals surface area contributed by atoms with Crippen LogP contribution in [0.15, 0.2) is 42.5 Å². The van der Waals surface area contributed by atoms with E-state index in [4.69, 9.17) is 20.3 Å². The number of carbonyl (C=O) groups excluding carboxylic acids is 1. The SMILES string of the molecule is CC(C)C1C(C)CCCC1OCC(=O)NCc1ccc(NCc2ccc(OCC(=O)O)cc2N)cc1. The molecular formula is C28H39N3O5. The average molecular weight is 498 g/mol. The molecule has 3 unspecified atom stereocenters. The van der Waals surface area contributed by atoms with Crippen molar-refractivity contribution in [2.75, 3.05) is 24.3 Å². The maximum Gasteiger partial charge on any atom is 0.341 e. The van der Waals surface area contributed by atoms with E-state index in [1.807, 2.05) is 30.3 Å². The Bertz CT molecular complexity index is 1010. The van der Waals surface area contributed by atoms with E-state index in [1.165, 1.54) is 6.42 Å². The van der Waals surface area contributed by atoms with Gasteiger partial charge in [0.25, 0.3) is 0 Å². The van der Waals surface area contributed by atoms with Gasteiger partial charge in [-0.25, -0.2) is 4.79 Å². The Morgan fingerprint density at radius 1 is 1.08 bits per heavy atom. The van der Waals surface area contributed by atoms with E-state index in [9.17, 15) is 9.59 Å². The highest BCUT2D eigenvalue weighted by Gasteiger charge is 2.33. The molecule has 1 aliphatic carbocycles. The van der Waals surface area contributed by atoms with Crippen molar-refractivity contribution in [3.63, 3.8) is 0 Å². The lowest BCUT2D eigenvalue weighted by Crippen LogP contribution is -2.39. The Morgan fingerprint density at radius 3 is 2.50 bits per heavy atom. The van der Waals surface area contributed by atoms with Gasteiger partial charge in [-0.2, -0.15) is 0 Å². The summed E-state index contributed by atoms with van der Waals surface area (Å²) in [5.74, 6) is 0.976. The minimum Gasteiger partial charge on any atom is -0.482 e. The fraction of sp³-hybridized carbons (Fsp3) is 0.500. The minimum atomic E-state index is -1.04. The predicted molar refractivity (Wildman–Crippen MR) is 141 cm³/mol. The van der Waals surface area contributed by atoms with Gasteiger partial charge in [-0.15, -0.1) is 0 Å². The molecule has 5 N–H and O–H groups in total. The number of carboxylic acid groups (broad SMARTS) is 1. The molecule has 0 spiro atoms. The number of carboxylic acids is 1. The van der Waals surface area contributed by atoms with E-state index in [-0.39, 0.29) is 18.6 Å². The lowest BCUT2D eigenvalue weighted by Gasteiger charge is -2.38. The molecule has 1 saturated carbocycles. The number of amides is 1. The Kier molecular flexibility index (Phi) is 9.99. The molecule has 1 fully saturated rings. The second-order valence-electron chi connectivity index (χ2n) is 9.95. The van der Waals surface area contributed by atoms with Crippen LogP contribution in [0.25, 0.3) is 0 Å². The van der Waals surface area contributed by atoms with Gasteiger partial charge >= 0.3 is 5.97 Å². The number of aliphatic carboxylic acids is 1. The van der Waals surface area contributed by atoms with Gasteiger partial charge in [-0.3, -0.25) is 4.79 Å². The molecule has 3 atom stereocenters. The number of rotatable bonds is 12. The van der Waals surface area contributed by atoms with E-state index in [0.29, 0.717) is 42.3 Å². The molecule has 2 aromatic carbocycles. The second kappa shape index (κ2) is 13.2. The smallest absolute Gasteiger partial charge is 0.341 e. The van der Waals surface area contributed by atoms with Gasteiger partial charge in [0.05, 0.1) is 6.10 Å². The van der Waals surface area contributed by atoms with Gasteiger partial charge in [0.2, 0.25) is 5.91 Å². The van der Waals surface area contributed by atoms with Gasteiger partial charge in [-0.05, 0) is 53.5 Å². The molecular weight excluding hydrogens is 458 g/mol. The number of benzene rings is 2. The van der Waals surface area contributed by atoms with Crippen LogP contribution < -0.4 is 21.1 Å². The number of carbonyl (C=O) groups is 2. The maximum atomic E-state index is 12.4. The van der Waals surface area contributed by atoms with Crippen LogP contribution in [0, 0.1) is 17.8 Å². The Labute approximate surface area is 213 Å². The van der Waals surface area contributed by atoms with Crippen LogP contribution in [-0.4, -0.2) is 36.3 Å². The number of hydrogen-bond acceptors (Lipinski definition) is 6. The van der Waals surface area contributed by atoms with E-state index in [1.54, 1.807) is 12.1 Å². The van der Waals surface area contributed by atoms with Crippen molar-refractivity contribution < 1.29 is 24.2 Å². The molecule has 0 heterocycles. The molecule has 3 rings (SSSR count). The zero-order valence-corrected chi connectivity index (χ0v) is 21.5. The molecule has 8 heteroatoms. The average Bonchev–Trinajstić information content (AvgIpc) is 2.84. The molecule has 0 saturated heterocycles. The maximum absolute atomic E-state index is 12.4. The molecule has 0 bridgehead atoms. The Hall–Kier alpha value is -3.26. The first-order valence-electron chi connectivity index (χ1n) is 12.7. The van der Waals surface area contributed by atoms with Gasteiger partial charge < -0.3 is 30.9 Å². The summed E-state index contributed by atoms with van der Waals surface area (Å²) in [4.78, 5) is 23.0. The number of anilines is 2. The summed E-state index contributed by atoms with van der Waals surface area (Å²) < 4.78 is 11.2. The first-order chi connectivity index (χ1) is 17.2. The molecule has 1 aliphatic rings. The monoisotopic (exact) mass is 497 g/mol. The summed E-state index contributed by atoms with van der Waals surface area (Å²) >= 11 is 0. The second-order valence-corrected chi connectivity index (χ2v) is 9.95. The van der Waals surface area contributed by atoms with Gasteiger partial charge in [0, 0.05) is 30.5 Å². The van der Waals surface area contributed by atoms with Crippen molar-refractivity contribution in [2.45, 2.75) is 59.2 Å². The number of nitrogens with two attached hydrogens (primary N) is 1. The summed E-state index contributed by atoms with van der Waals surface area (Å²) in [6.07, 6.45) is 3.59. The largest absolute Gasteiger partial charge is 0.482 e. The summed E-state index contributed by atoms with van der Waals surface area (Å²) in [7, 11) is 0. The standard InChI is InChI=1S/C28H39N3O5/c1-18(2)28-19(3)5-4-6-25(28)36-16-26(32)31-14-20-7-10-22(11-8-20)30-15-21-9-12-23(13-24(21)29)35-17-27(33)34/h7-13,18-19,25,28,30H,4-6,14-17,29H2,1-3H3,(H,31,32)(H,33,34). The van der Waals surface area contributed by atoms with Crippen LogP contribution in [0.1, 0.15) is 51.2 Å². The van der Waals surface area contributed by atoms with Crippen molar-refractivity contribution >= 4 is 23.3 Å². The highest BCUT2D eigenvalue weighted by Crippen LogP contribution is 2.36. The van der Waals surface area contributed by atoms with Crippen molar-refractivity contribution in [1.29, 1.82) is 0 Å². The minimum absolute atomic E-state index is 0.0933. The number of ether oxygens (including phenoxy) is 2. The number of nitrogen functional groups attached to an aromatic ring is 1. The quantitative estimate of drug-likeness (QED) is 0.320. The van der Waals surface area contributed by atoms with Crippen molar-refractivity contribution in [3.05, 3.63) is 53.6 Å². The van der Waals surface area contributed by atoms with Crippen LogP contribution in [0.3, 0.4) is 0 Å². The van der Waals surface area contributed by atoms with E-state index < -0.39 is 12.6 Å². The van der Waals surface area contributed by atoms with E-state index in [0.717, 1.165) is 29.7 Å². The third kappa shape index (κ3) is 8.16. The molecule has 1 amide bonds. The Morgan fingerprint density at radius 2 is 1.83 bits per heavy atom. The fourth-order valence-electron chi connectivity index (χ4n) is 5.01. The van der Waals surface area contributed by atoms with Crippen LogP contribution >= 0.6 is 0 Å². The van der Waals surface area contributed by atoms with Gasteiger partial charge in [0.15, 0.2) is 6.61 Å². The Balaban J connectivity index is 1.41. The third-order valence-corrected chi connectivity index (χ3v) is 6.84. The molecule has 0 radical (unpaired) electrons. The molecule has 0 aromatic heterocycles. The number of hydrogen-bond donors (Lipinski definition) is 4. The lowest BCUT2D eigenvalue weighted by molar-refractivity contribution is -0.139. The van der Waals surface area contributed by atoms with Crippen LogP contribution in [0.4, 0.5) is 11.4 Å². The van der Waals surface area contributed by atoms with Crippen LogP contribution in [0.2, 0.25) is 0 Å². The number of nitrogens with one attached hydrogen (secondary N) is 2. The van der Waals surface area contributed by atoms with E-state index >= 15 is 0 Å². The topological polar surface area (TPSA) is 123 Å². The molecule has 0 aliphatic heterocycles. The lowest BCUT2D eigenvalue weighted by atomic mass is 9.72. The highest BCUT2D eigenvalue weighted by atomic mass is 16.5. The molecule has 8 nitrogen and oxygen atoms in total. The zero-order chi connectivity index (χ0) is 26.1. The summed E-state index contributed by atoms with van der Waals surface area (Å²) in [5.41, 5.74) is 9.39. The van der Waals surface area contributed by atoms with Crippen molar-refractivity contribution in [2.24, 2.45) is 17.8 Å². The van der Waals surface area contributed by atoms with Crippen LogP contribution in [0.5, 0.6) is 5.75 Å². The summed E-state index contributed by atoms with van der Waals surface area (Å²) in [6.45, 7) is 7.43. The normalized spacial score (nSPS) is 19.6. The van der Waals surface area contributed by atoms with Crippen LogP contribution in [-0.2, 0) is 27.4 Å². The third-order valence-electron chi connectivity index (χ3n) is 6.84.